The Morgan fingerprint density at radius 1 is 1.42 bits per heavy atom. The van der Waals surface area contributed by atoms with E-state index in [2.05, 4.69) is 10.1 Å². The van der Waals surface area contributed by atoms with Crippen LogP contribution in [0.5, 0.6) is 0 Å². The van der Waals surface area contributed by atoms with Crippen molar-refractivity contribution in [3.05, 3.63) is 23.4 Å². The van der Waals surface area contributed by atoms with Crippen LogP contribution in [0.4, 0.5) is 5.82 Å². The van der Waals surface area contributed by atoms with Crippen molar-refractivity contribution in [2.24, 2.45) is 5.10 Å². The van der Waals surface area contributed by atoms with Crippen LogP contribution in [0.2, 0.25) is 5.02 Å². The Balaban J connectivity index is 2.51. The molecule has 1 aromatic rings. The molecule has 19 heavy (non-hydrogen) atoms. The normalized spacial score (nSPS) is 23.7. The summed E-state index contributed by atoms with van der Waals surface area (Å²) >= 11 is 29.3. The van der Waals surface area contributed by atoms with Crippen LogP contribution in [0.1, 0.15) is 6.42 Å². The Bertz CT molecular complexity index is 518. The first-order valence-corrected chi connectivity index (χ1v) is 7.16. The molecule has 1 aliphatic heterocycles. The third kappa shape index (κ3) is 2.75. The number of hydrogen-bond acceptors (Lipinski definition) is 4. The van der Waals surface area contributed by atoms with E-state index in [4.69, 9.17) is 58.0 Å². The van der Waals surface area contributed by atoms with Crippen molar-refractivity contribution >= 4 is 69.5 Å². The minimum absolute atomic E-state index is 0.0140. The van der Waals surface area contributed by atoms with Gasteiger partial charge in [-0.15, -0.1) is 11.6 Å². The maximum Gasteiger partial charge on any atom is 0.239 e. The number of halogens is 5. The highest BCUT2D eigenvalue weighted by atomic mass is 35.6. The third-order valence-corrected chi connectivity index (χ3v) is 4.10. The van der Waals surface area contributed by atoms with Gasteiger partial charge >= 0.3 is 0 Å². The molecule has 104 valence electrons. The molecular formula is C10H8Cl5N3O. The molecule has 0 saturated carbocycles. The molecule has 0 amide bonds. The molecule has 1 aromatic heterocycles. The lowest BCUT2D eigenvalue weighted by molar-refractivity contribution is 0.0557. The summed E-state index contributed by atoms with van der Waals surface area (Å²) in [6, 6.07) is 3.24. The predicted molar refractivity (Wildman–Crippen MR) is 79.7 cm³/mol. The number of rotatable bonds is 2. The number of hydrogen-bond donors (Lipinski definition) is 1. The molecule has 0 aliphatic carbocycles. The summed E-state index contributed by atoms with van der Waals surface area (Å²) in [7, 11) is 0. The quantitative estimate of drug-likeness (QED) is 0.817. The fourth-order valence-corrected chi connectivity index (χ4v) is 2.46. The molecule has 9 heteroatoms. The van der Waals surface area contributed by atoms with Gasteiger partial charge in [-0.1, -0.05) is 46.4 Å². The Hall–Kier alpha value is 0.0300. The number of alkyl halides is 4. The predicted octanol–water partition coefficient (Wildman–Crippen LogP) is 3.60. The Morgan fingerprint density at radius 2 is 2.11 bits per heavy atom. The van der Waals surface area contributed by atoms with Crippen molar-refractivity contribution in [3.8, 4) is 0 Å². The van der Waals surface area contributed by atoms with Gasteiger partial charge in [0.05, 0.1) is 16.6 Å². The lowest BCUT2D eigenvalue weighted by Gasteiger charge is -2.37. The van der Waals surface area contributed by atoms with Gasteiger partial charge in [-0.3, -0.25) is 0 Å². The molecule has 2 rings (SSSR count). The number of anilines is 1. The van der Waals surface area contributed by atoms with Crippen molar-refractivity contribution in [2.45, 2.75) is 15.9 Å². The van der Waals surface area contributed by atoms with Crippen molar-refractivity contribution < 1.29 is 5.11 Å². The average Bonchev–Trinajstić information content (AvgIpc) is 2.68. The Morgan fingerprint density at radius 3 is 2.63 bits per heavy atom. The van der Waals surface area contributed by atoms with Crippen LogP contribution in [-0.2, 0) is 0 Å². The molecule has 4 nitrogen and oxygen atoms in total. The number of nitrogens with zero attached hydrogens (tertiary/aromatic N) is 3. The monoisotopic (exact) mass is 361 g/mol. The van der Waals surface area contributed by atoms with Crippen LogP contribution in [0, 0.1) is 0 Å². The zero-order chi connectivity index (χ0) is 14.3. The lowest BCUT2D eigenvalue weighted by Crippen LogP contribution is -2.53. The van der Waals surface area contributed by atoms with Crippen molar-refractivity contribution in [3.63, 3.8) is 0 Å². The second-order valence-corrected chi connectivity index (χ2v) is 6.87. The number of hydrazone groups is 1. The minimum Gasteiger partial charge on any atom is -0.365 e. The van der Waals surface area contributed by atoms with Gasteiger partial charge < -0.3 is 5.11 Å². The Labute approximate surface area is 134 Å². The summed E-state index contributed by atoms with van der Waals surface area (Å²) < 4.78 is -2.01. The second-order valence-electron chi connectivity index (χ2n) is 3.91. The molecule has 0 spiro atoms. The second kappa shape index (κ2) is 5.43. The highest BCUT2D eigenvalue weighted by Gasteiger charge is 2.56. The lowest BCUT2D eigenvalue weighted by atomic mass is 10.1. The standard InChI is InChI=1S/C10H8Cl5N3O/c11-5-6-4-9(19,10(13,14)15)18(17-6)8-7(12)2-1-3-16-8/h1-3,19H,4-5H2. The van der Waals surface area contributed by atoms with Crippen LogP contribution in [-0.4, -0.2) is 31.2 Å². The fourth-order valence-electron chi connectivity index (χ4n) is 1.67. The van der Waals surface area contributed by atoms with E-state index < -0.39 is 9.52 Å². The molecule has 0 bridgehead atoms. The molecule has 0 saturated heterocycles. The summed E-state index contributed by atoms with van der Waals surface area (Å²) in [5.41, 5.74) is -1.42. The summed E-state index contributed by atoms with van der Waals surface area (Å²) in [6.45, 7) is 0. The van der Waals surface area contributed by atoms with Gasteiger partial charge in [0.25, 0.3) is 0 Å². The van der Waals surface area contributed by atoms with Crippen LogP contribution in [0.15, 0.2) is 23.4 Å². The van der Waals surface area contributed by atoms with Gasteiger partial charge in [-0.05, 0) is 12.1 Å². The summed E-state index contributed by atoms with van der Waals surface area (Å²) in [5, 5.41) is 16.1. The first-order chi connectivity index (χ1) is 8.79. The van der Waals surface area contributed by atoms with Crippen LogP contribution < -0.4 is 5.01 Å². The van der Waals surface area contributed by atoms with E-state index in [-0.39, 0.29) is 23.1 Å². The number of aromatic nitrogens is 1. The van der Waals surface area contributed by atoms with Gasteiger partial charge in [-0.25, -0.2) is 9.99 Å². The van der Waals surface area contributed by atoms with Gasteiger partial charge in [0, 0.05) is 12.6 Å². The van der Waals surface area contributed by atoms with Crippen LogP contribution in [0.25, 0.3) is 0 Å². The first-order valence-electron chi connectivity index (χ1n) is 5.12. The van der Waals surface area contributed by atoms with Crippen molar-refractivity contribution in [1.29, 1.82) is 0 Å². The van der Waals surface area contributed by atoms with Gasteiger partial charge in [-0.2, -0.15) is 5.10 Å². The summed E-state index contributed by atoms with van der Waals surface area (Å²) in [6.07, 6.45) is 1.48. The highest BCUT2D eigenvalue weighted by molar-refractivity contribution is 6.68. The first kappa shape index (κ1) is 15.4. The van der Waals surface area contributed by atoms with E-state index in [0.717, 1.165) is 5.01 Å². The molecule has 1 atom stereocenters. The maximum absolute atomic E-state index is 10.6. The molecule has 2 heterocycles. The van der Waals surface area contributed by atoms with E-state index in [1.165, 1.54) is 6.20 Å². The van der Waals surface area contributed by atoms with Crippen molar-refractivity contribution in [2.75, 3.05) is 10.9 Å². The topological polar surface area (TPSA) is 48.7 Å². The van der Waals surface area contributed by atoms with Crippen LogP contribution in [0.3, 0.4) is 0 Å². The van der Waals surface area contributed by atoms with E-state index in [9.17, 15) is 5.11 Å². The zero-order valence-corrected chi connectivity index (χ0v) is 13.1. The molecule has 0 aromatic carbocycles. The molecule has 1 aliphatic rings. The average molecular weight is 363 g/mol. The van der Waals surface area contributed by atoms with E-state index in [1.807, 2.05) is 0 Å². The van der Waals surface area contributed by atoms with Gasteiger partial charge in [0.2, 0.25) is 9.52 Å². The SMILES string of the molecule is OC1(C(Cl)(Cl)Cl)CC(CCl)=NN1c1ncccc1Cl. The molecule has 1 unspecified atom stereocenters. The van der Waals surface area contributed by atoms with E-state index in [1.54, 1.807) is 12.1 Å². The highest BCUT2D eigenvalue weighted by Crippen LogP contribution is 2.47. The molecule has 0 fully saturated rings. The van der Waals surface area contributed by atoms with E-state index >= 15 is 0 Å². The summed E-state index contributed by atoms with van der Waals surface area (Å²) in [4.78, 5) is 4.05. The van der Waals surface area contributed by atoms with Crippen LogP contribution >= 0.6 is 58.0 Å². The van der Waals surface area contributed by atoms with Gasteiger partial charge in [0.15, 0.2) is 5.82 Å². The minimum atomic E-state index is -2.01. The number of pyridine rings is 1. The molecule has 0 radical (unpaired) electrons. The van der Waals surface area contributed by atoms with E-state index in [0.29, 0.717) is 5.71 Å². The maximum atomic E-state index is 10.6. The molecular weight excluding hydrogens is 355 g/mol. The summed E-state index contributed by atoms with van der Waals surface area (Å²) in [5.74, 6) is 0.294. The number of aliphatic hydroxyl groups is 1. The Kier molecular flexibility index (Phi) is 4.41. The fraction of sp³-hybridized carbons (Fsp3) is 0.400. The van der Waals surface area contributed by atoms with Crippen molar-refractivity contribution in [1.82, 2.24) is 4.98 Å². The largest absolute Gasteiger partial charge is 0.365 e. The smallest absolute Gasteiger partial charge is 0.239 e. The van der Waals surface area contributed by atoms with Gasteiger partial charge in [0.1, 0.15) is 0 Å². The zero-order valence-electron chi connectivity index (χ0n) is 9.32. The third-order valence-electron chi connectivity index (χ3n) is 2.59. The molecule has 1 N–H and O–H groups in total.